The van der Waals surface area contributed by atoms with Crippen molar-refractivity contribution in [1.29, 1.82) is 0 Å². The highest BCUT2D eigenvalue weighted by Gasteiger charge is 2.46. The fourth-order valence-corrected chi connectivity index (χ4v) is 2.54. The van der Waals surface area contributed by atoms with E-state index in [-0.39, 0.29) is 10.2 Å². The summed E-state index contributed by atoms with van der Waals surface area (Å²) in [5.41, 5.74) is -1.44. The number of amides is 2. The molecule has 0 saturated heterocycles. The van der Waals surface area contributed by atoms with Crippen molar-refractivity contribution in [2.24, 2.45) is 5.92 Å². The van der Waals surface area contributed by atoms with E-state index in [1.165, 1.54) is 6.92 Å². The number of nitro groups is 1. The van der Waals surface area contributed by atoms with Crippen LogP contribution in [0, 0.1) is 16.0 Å². The second kappa shape index (κ2) is 5.80. The maximum Gasteiger partial charge on any atom is 0.471 e. The minimum absolute atomic E-state index is 0.103. The van der Waals surface area contributed by atoms with Crippen LogP contribution in [0.25, 0.3) is 0 Å². The van der Waals surface area contributed by atoms with Crippen LogP contribution in [0.4, 0.5) is 30.2 Å². The standard InChI is InChI=1S/C12H9BrF3N3O4/c1-5-4-18(11(21)12(14,15)16)7-2-6(13)3-8(19(22)23)9(7)17-10(5)20/h2-3,5H,4H2,1H3,(H,17,20). The molecule has 11 heteroatoms. The minimum atomic E-state index is -5.18. The Labute approximate surface area is 135 Å². The Morgan fingerprint density at radius 3 is 2.61 bits per heavy atom. The van der Waals surface area contributed by atoms with E-state index in [4.69, 9.17) is 0 Å². The Morgan fingerprint density at radius 2 is 2.09 bits per heavy atom. The average molecular weight is 396 g/mol. The molecule has 1 atom stereocenters. The van der Waals surface area contributed by atoms with E-state index < -0.39 is 46.8 Å². The summed E-state index contributed by atoms with van der Waals surface area (Å²) in [5, 5.41) is 13.3. The molecule has 1 unspecified atom stereocenters. The van der Waals surface area contributed by atoms with Gasteiger partial charge in [-0.1, -0.05) is 22.9 Å². The van der Waals surface area contributed by atoms with Gasteiger partial charge in [-0.15, -0.1) is 0 Å². The minimum Gasteiger partial charge on any atom is -0.318 e. The Morgan fingerprint density at radius 1 is 1.48 bits per heavy atom. The summed E-state index contributed by atoms with van der Waals surface area (Å²) in [4.78, 5) is 34.1. The molecule has 1 aromatic carbocycles. The van der Waals surface area contributed by atoms with Crippen molar-refractivity contribution in [2.45, 2.75) is 13.1 Å². The van der Waals surface area contributed by atoms with Crippen LogP contribution in [0.1, 0.15) is 6.92 Å². The lowest BCUT2D eigenvalue weighted by molar-refractivity contribution is -0.383. The number of hydrogen-bond donors (Lipinski definition) is 1. The maximum atomic E-state index is 12.8. The smallest absolute Gasteiger partial charge is 0.318 e. The van der Waals surface area contributed by atoms with Crippen molar-refractivity contribution in [2.75, 3.05) is 16.8 Å². The third kappa shape index (κ3) is 3.28. The molecule has 1 aromatic rings. The van der Waals surface area contributed by atoms with Crippen LogP contribution in [-0.2, 0) is 9.59 Å². The normalized spacial score (nSPS) is 18.0. The second-order valence-corrected chi connectivity index (χ2v) is 5.80. The summed E-state index contributed by atoms with van der Waals surface area (Å²) in [5.74, 6) is -3.89. The zero-order valence-corrected chi connectivity index (χ0v) is 13.1. The number of carbonyl (C=O) groups excluding carboxylic acids is 2. The third-order valence-electron chi connectivity index (χ3n) is 3.19. The topological polar surface area (TPSA) is 92.6 Å². The van der Waals surface area contributed by atoms with Gasteiger partial charge in [0.25, 0.3) is 5.69 Å². The average Bonchev–Trinajstić information content (AvgIpc) is 2.54. The molecule has 1 N–H and O–H groups in total. The summed E-state index contributed by atoms with van der Waals surface area (Å²) in [6.07, 6.45) is -5.18. The molecule has 2 amide bonds. The Balaban J connectivity index is 2.71. The highest BCUT2D eigenvalue weighted by Crippen LogP contribution is 2.41. The number of rotatable bonds is 1. The summed E-state index contributed by atoms with van der Waals surface area (Å²) >= 11 is 2.96. The maximum absolute atomic E-state index is 12.8. The molecule has 2 rings (SSSR count). The van der Waals surface area contributed by atoms with E-state index in [0.29, 0.717) is 4.90 Å². The molecule has 1 aliphatic rings. The lowest BCUT2D eigenvalue weighted by atomic mass is 10.1. The van der Waals surface area contributed by atoms with Crippen LogP contribution >= 0.6 is 15.9 Å². The third-order valence-corrected chi connectivity index (χ3v) is 3.65. The zero-order chi connectivity index (χ0) is 17.5. The van der Waals surface area contributed by atoms with E-state index in [9.17, 15) is 32.9 Å². The fraction of sp³-hybridized carbons (Fsp3) is 0.333. The fourth-order valence-electron chi connectivity index (χ4n) is 2.11. The SMILES string of the molecule is CC1CN(C(=O)C(F)(F)F)c2cc(Br)cc([N+](=O)[O-])c2NC1=O. The first-order chi connectivity index (χ1) is 10.5. The van der Waals surface area contributed by atoms with Crippen molar-refractivity contribution in [3.8, 4) is 0 Å². The number of nitro benzene ring substituents is 1. The number of halogens is 4. The first kappa shape index (κ1) is 17.2. The summed E-state index contributed by atoms with van der Waals surface area (Å²) in [7, 11) is 0. The van der Waals surface area contributed by atoms with Gasteiger partial charge in [0, 0.05) is 17.1 Å². The van der Waals surface area contributed by atoms with E-state index in [2.05, 4.69) is 21.2 Å². The Hall–Kier alpha value is -2.17. The number of anilines is 2. The highest BCUT2D eigenvalue weighted by molar-refractivity contribution is 9.10. The van der Waals surface area contributed by atoms with Crippen LogP contribution in [0.3, 0.4) is 0 Å². The van der Waals surface area contributed by atoms with Crippen LogP contribution in [0.2, 0.25) is 0 Å². The summed E-state index contributed by atoms with van der Waals surface area (Å²) < 4.78 is 38.5. The molecule has 0 aliphatic carbocycles. The molecule has 1 heterocycles. The van der Waals surface area contributed by atoms with Crippen molar-refractivity contribution >= 4 is 44.8 Å². The molecule has 0 bridgehead atoms. The van der Waals surface area contributed by atoms with E-state index in [1.807, 2.05) is 0 Å². The number of alkyl halides is 3. The molecular formula is C12H9BrF3N3O4. The van der Waals surface area contributed by atoms with Gasteiger partial charge in [0.2, 0.25) is 5.91 Å². The molecule has 0 fully saturated rings. The van der Waals surface area contributed by atoms with Gasteiger partial charge in [-0.25, -0.2) is 0 Å². The van der Waals surface area contributed by atoms with E-state index >= 15 is 0 Å². The van der Waals surface area contributed by atoms with Gasteiger partial charge in [-0.2, -0.15) is 13.2 Å². The quantitative estimate of drug-likeness (QED) is 0.584. The number of nitrogens with zero attached hydrogens (tertiary/aromatic N) is 2. The molecule has 0 radical (unpaired) electrons. The van der Waals surface area contributed by atoms with Gasteiger partial charge in [-0.05, 0) is 6.07 Å². The molecule has 7 nitrogen and oxygen atoms in total. The Kier molecular flexibility index (Phi) is 4.33. The number of fused-ring (bicyclic) bond motifs is 1. The lowest BCUT2D eigenvalue weighted by Crippen LogP contribution is -2.43. The van der Waals surface area contributed by atoms with Gasteiger partial charge >= 0.3 is 12.1 Å². The number of carbonyl (C=O) groups is 2. The van der Waals surface area contributed by atoms with E-state index in [0.717, 1.165) is 12.1 Å². The molecule has 0 aromatic heterocycles. The number of benzene rings is 1. The van der Waals surface area contributed by atoms with E-state index in [1.54, 1.807) is 0 Å². The molecule has 0 saturated carbocycles. The van der Waals surface area contributed by atoms with Crippen LogP contribution in [0.5, 0.6) is 0 Å². The first-order valence-corrected chi connectivity index (χ1v) is 6.99. The predicted molar refractivity (Wildman–Crippen MR) is 77.0 cm³/mol. The Bertz CT molecular complexity index is 708. The first-order valence-electron chi connectivity index (χ1n) is 6.20. The number of hydrogen-bond acceptors (Lipinski definition) is 4. The lowest BCUT2D eigenvalue weighted by Gasteiger charge is -2.24. The number of nitrogens with one attached hydrogen (secondary N) is 1. The summed E-state index contributed by atoms with van der Waals surface area (Å²) in [6, 6.07) is 2.15. The van der Waals surface area contributed by atoms with Crippen LogP contribution in [-0.4, -0.2) is 29.5 Å². The van der Waals surface area contributed by atoms with Crippen molar-refractivity contribution < 1.29 is 27.7 Å². The van der Waals surface area contributed by atoms with Gasteiger partial charge in [0.05, 0.1) is 16.5 Å². The second-order valence-electron chi connectivity index (χ2n) is 4.88. The van der Waals surface area contributed by atoms with Gasteiger partial charge < -0.3 is 10.2 Å². The predicted octanol–water partition coefficient (Wildman–Crippen LogP) is 2.84. The highest BCUT2D eigenvalue weighted by atomic mass is 79.9. The summed E-state index contributed by atoms with van der Waals surface area (Å²) in [6.45, 7) is 0.767. The van der Waals surface area contributed by atoms with Crippen molar-refractivity contribution in [3.63, 3.8) is 0 Å². The molecule has 0 spiro atoms. The van der Waals surface area contributed by atoms with Gasteiger partial charge in [0.15, 0.2) is 0 Å². The largest absolute Gasteiger partial charge is 0.471 e. The van der Waals surface area contributed by atoms with Gasteiger partial charge in [0.1, 0.15) is 5.69 Å². The molecule has 124 valence electrons. The van der Waals surface area contributed by atoms with Crippen LogP contribution in [0.15, 0.2) is 16.6 Å². The molecule has 1 aliphatic heterocycles. The zero-order valence-electron chi connectivity index (χ0n) is 11.5. The molecular weight excluding hydrogens is 387 g/mol. The van der Waals surface area contributed by atoms with Gasteiger partial charge in [-0.3, -0.25) is 19.7 Å². The monoisotopic (exact) mass is 395 g/mol. The van der Waals surface area contributed by atoms with Crippen molar-refractivity contribution in [3.05, 3.63) is 26.7 Å². The molecule has 23 heavy (non-hydrogen) atoms. The van der Waals surface area contributed by atoms with Crippen LogP contribution < -0.4 is 10.2 Å². The van der Waals surface area contributed by atoms with Crippen molar-refractivity contribution in [1.82, 2.24) is 0 Å².